The van der Waals surface area contributed by atoms with Gasteiger partial charge in [-0.25, -0.2) is 4.39 Å². The zero-order valence-electron chi connectivity index (χ0n) is 11.8. The molecule has 0 aliphatic heterocycles. The molecule has 5 heteroatoms. The number of benzene rings is 2. The van der Waals surface area contributed by atoms with E-state index in [1.54, 1.807) is 25.1 Å². The summed E-state index contributed by atoms with van der Waals surface area (Å²) in [6.07, 6.45) is 0. The normalized spacial score (nSPS) is 11.6. The van der Waals surface area contributed by atoms with Crippen molar-refractivity contribution in [2.24, 2.45) is 5.73 Å². The van der Waals surface area contributed by atoms with E-state index in [4.69, 9.17) is 20.5 Å². The number of hydrogen-bond acceptors (Lipinski definition) is 4. The van der Waals surface area contributed by atoms with Crippen LogP contribution in [0.25, 0.3) is 0 Å². The van der Waals surface area contributed by atoms with Crippen LogP contribution in [0.5, 0.6) is 17.2 Å². The highest BCUT2D eigenvalue weighted by molar-refractivity contribution is 5.45. The number of nitriles is 1. The molecule has 0 aromatic heterocycles. The molecule has 21 heavy (non-hydrogen) atoms. The van der Waals surface area contributed by atoms with Crippen molar-refractivity contribution in [2.75, 3.05) is 7.11 Å². The van der Waals surface area contributed by atoms with Crippen LogP contribution in [-0.4, -0.2) is 7.11 Å². The first-order chi connectivity index (χ1) is 10.0. The Hall–Kier alpha value is -2.58. The Morgan fingerprint density at radius 2 is 1.90 bits per heavy atom. The molecule has 2 rings (SSSR count). The summed E-state index contributed by atoms with van der Waals surface area (Å²) in [5.74, 6) is 0.359. The summed E-state index contributed by atoms with van der Waals surface area (Å²) in [7, 11) is 1.48. The molecular weight excluding hydrogens is 271 g/mol. The van der Waals surface area contributed by atoms with Gasteiger partial charge in [0.2, 0.25) is 0 Å². The number of hydrogen-bond donors (Lipinski definition) is 1. The van der Waals surface area contributed by atoms with Crippen molar-refractivity contribution in [2.45, 2.75) is 13.0 Å². The molecule has 4 nitrogen and oxygen atoms in total. The SMILES string of the molecule is COc1cc(C#N)cc(Oc2ccc([C@H](C)N)cc2F)c1. The van der Waals surface area contributed by atoms with E-state index in [1.165, 1.54) is 25.3 Å². The minimum Gasteiger partial charge on any atom is -0.497 e. The molecule has 0 spiro atoms. The minimum absolute atomic E-state index is 0.0662. The zero-order valence-corrected chi connectivity index (χ0v) is 11.8. The molecule has 2 N–H and O–H groups in total. The van der Waals surface area contributed by atoms with Crippen molar-refractivity contribution < 1.29 is 13.9 Å². The van der Waals surface area contributed by atoms with Crippen LogP contribution in [0.1, 0.15) is 24.1 Å². The minimum atomic E-state index is -0.508. The molecule has 1 atom stereocenters. The second kappa shape index (κ2) is 6.25. The molecule has 0 aliphatic rings. The zero-order chi connectivity index (χ0) is 15.4. The Kier molecular flexibility index (Phi) is 4.41. The first-order valence-corrected chi connectivity index (χ1v) is 6.35. The lowest BCUT2D eigenvalue weighted by Crippen LogP contribution is -2.05. The van der Waals surface area contributed by atoms with E-state index in [0.29, 0.717) is 22.6 Å². The average Bonchev–Trinajstić information content (AvgIpc) is 2.48. The Morgan fingerprint density at radius 3 is 2.48 bits per heavy atom. The lowest BCUT2D eigenvalue weighted by molar-refractivity contribution is 0.405. The van der Waals surface area contributed by atoms with Crippen molar-refractivity contribution >= 4 is 0 Å². The average molecular weight is 286 g/mol. The fraction of sp³-hybridized carbons (Fsp3) is 0.188. The summed E-state index contributed by atoms with van der Waals surface area (Å²) in [5.41, 5.74) is 6.76. The van der Waals surface area contributed by atoms with Crippen molar-refractivity contribution in [3.63, 3.8) is 0 Å². The van der Waals surface area contributed by atoms with Crippen LogP contribution in [0.3, 0.4) is 0 Å². The summed E-state index contributed by atoms with van der Waals surface area (Å²) in [6, 6.07) is 11.0. The molecule has 0 radical (unpaired) electrons. The lowest BCUT2D eigenvalue weighted by atomic mass is 10.1. The van der Waals surface area contributed by atoms with Crippen molar-refractivity contribution in [1.82, 2.24) is 0 Å². The molecule has 2 aromatic rings. The number of nitrogens with zero attached hydrogens (tertiary/aromatic N) is 1. The number of halogens is 1. The molecule has 0 amide bonds. The van der Waals surface area contributed by atoms with Gasteiger partial charge in [0.15, 0.2) is 11.6 Å². The number of rotatable bonds is 4. The summed E-state index contributed by atoms with van der Waals surface area (Å²) < 4.78 is 24.5. The second-order valence-corrected chi connectivity index (χ2v) is 4.59. The van der Waals surface area contributed by atoms with Crippen LogP contribution in [0.4, 0.5) is 4.39 Å². The fourth-order valence-electron chi connectivity index (χ4n) is 1.82. The summed E-state index contributed by atoms with van der Waals surface area (Å²) in [6.45, 7) is 1.77. The van der Waals surface area contributed by atoms with E-state index in [0.717, 1.165) is 0 Å². The van der Waals surface area contributed by atoms with Crippen molar-refractivity contribution in [3.05, 3.63) is 53.3 Å². The van der Waals surface area contributed by atoms with E-state index in [9.17, 15) is 4.39 Å². The molecule has 0 saturated heterocycles. The third-order valence-corrected chi connectivity index (χ3v) is 2.95. The quantitative estimate of drug-likeness (QED) is 0.933. The highest BCUT2D eigenvalue weighted by Gasteiger charge is 2.10. The Bertz CT molecular complexity index is 693. The topological polar surface area (TPSA) is 68.3 Å². The molecule has 0 fully saturated rings. The molecular formula is C16H15FN2O2. The van der Waals surface area contributed by atoms with Gasteiger partial charge in [-0.3, -0.25) is 0 Å². The van der Waals surface area contributed by atoms with Gasteiger partial charge in [-0.15, -0.1) is 0 Å². The van der Waals surface area contributed by atoms with Gasteiger partial charge in [0.1, 0.15) is 11.5 Å². The fourth-order valence-corrected chi connectivity index (χ4v) is 1.82. The number of methoxy groups -OCH3 is 1. The van der Waals surface area contributed by atoms with Gasteiger partial charge < -0.3 is 15.2 Å². The molecule has 0 heterocycles. The van der Waals surface area contributed by atoms with E-state index in [-0.39, 0.29) is 11.8 Å². The van der Waals surface area contributed by atoms with Crippen LogP contribution in [0.15, 0.2) is 36.4 Å². The number of ether oxygens (including phenoxy) is 2. The van der Waals surface area contributed by atoms with Crippen LogP contribution < -0.4 is 15.2 Å². The maximum atomic E-state index is 14.0. The predicted octanol–water partition coefficient (Wildman–Crippen LogP) is 3.52. The van der Waals surface area contributed by atoms with Gasteiger partial charge in [-0.2, -0.15) is 5.26 Å². The van der Waals surface area contributed by atoms with Gasteiger partial charge in [0.05, 0.1) is 18.7 Å². The first-order valence-electron chi connectivity index (χ1n) is 6.35. The van der Waals surface area contributed by atoms with Gasteiger partial charge in [-0.05, 0) is 36.8 Å². The van der Waals surface area contributed by atoms with Gasteiger partial charge in [-0.1, -0.05) is 6.07 Å². The highest BCUT2D eigenvalue weighted by atomic mass is 19.1. The van der Waals surface area contributed by atoms with Crippen molar-refractivity contribution in [3.8, 4) is 23.3 Å². The van der Waals surface area contributed by atoms with E-state index < -0.39 is 5.82 Å². The van der Waals surface area contributed by atoms with Crippen LogP contribution in [0.2, 0.25) is 0 Å². The molecule has 0 saturated carbocycles. The molecule has 0 unspecified atom stereocenters. The first kappa shape index (κ1) is 14.8. The maximum absolute atomic E-state index is 14.0. The standard InChI is InChI=1S/C16H15FN2O2/c1-10(19)12-3-4-16(15(17)7-12)21-14-6-11(9-18)5-13(8-14)20-2/h3-8,10H,19H2,1-2H3/t10-/m0/s1. The molecule has 2 aromatic carbocycles. The van der Waals surface area contributed by atoms with Gasteiger partial charge >= 0.3 is 0 Å². The number of nitrogens with two attached hydrogens (primary N) is 1. The van der Waals surface area contributed by atoms with Crippen LogP contribution in [0, 0.1) is 17.1 Å². The molecule has 0 aliphatic carbocycles. The molecule has 108 valence electrons. The largest absolute Gasteiger partial charge is 0.497 e. The Labute approximate surface area is 122 Å². The van der Waals surface area contributed by atoms with E-state index in [2.05, 4.69) is 0 Å². The predicted molar refractivity (Wildman–Crippen MR) is 76.8 cm³/mol. The lowest BCUT2D eigenvalue weighted by Gasteiger charge is -2.11. The summed E-state index contributed by atoms with van der Waals surface area (Å²) in [4.78, 5) is 0. The van der Waals surface area contributed by atoms with Crippen LogP contribution >= 0.6 is 0 Å². The molecule has 0 bridgehead atoms. The van der Waals surface area contributed by atoms with Gasteiger partial charge in [0.25, 0.3) is 0 Å². The van der Waals surface area contributed by atoms with E-state index in [1.807, 2.05) is 6.07 Å². The third-order valence-electron chi connectivity index (χ3n) is 2.95. The third kappa shape index (κ3) is 3.50. The van der Waals surface area contributed by atoms with Crippen molar-refractivity contribution in [1.29, 1.82) is 5.26 Å². The summed E-state index contributed by atoms with van der Waals surface area (Å²) >= 11 is 0. The van der Waals surface area contributed by atoms with Crippen LogP contribution in [-0.2, 0) is 0 Å². The van der Waals surface area contributed by atoms with E-state index >= 15 is 0 Å². The maximum Gasteiger partial charge on any atom is 0.166 e. The summed E-state index contributed by atoms with van der Waals surface area (Å²) in [5, 5.41) is 8.95. The monoisotopic (exact) mass is 286 g/mol. The second-order valence-electron chi connectivity index (χ2n) is 4.59. The Balaban J connectivity index is 2.32. The smallest absolute Gasteiger partial charge is 0.166 e. The Morgan fingerprint density at radius 1 is 1.19 bits per heavy atom. The van der Waals surface area contributed by atoms with Gasteiger partial charge in [0, 0.05) is 12.1 Å². The highest BCUT2D eigenvalue weighted by Crippen LogP contribution is 2.29.